The van der Waals surface area contributed by atoms with Crippen LogP contribution < -0.4 is 10.6 Å². The van der Waals surface area contributed by atoms with E-state index < -0.39 is 5.54 Å². The lowest BCUT2D eigenvalue weighted by molar-refractivity contribution is -0.122. The monoisotopic (exact) mass is 212 g/mol. The zero-order valence-corrected chi connectivity index (χ0v) is 9.47. The van der Waals surface area contributed by atoms with Crippen LogP contribution in [0.15, 0.2) is 0 Å². The zero-order valence-electron chi connectivity index (χ0n) is 9.47. The topological polar surface area (TPSA) is 61.4 Å². The second-order valence-electron chi connectivity index (χ2n) is 3.50. The Morgan fingerprint density at radius 1 is 1.47 bits per heavy atom. The molecule has 0 aromatic rings. The molecule has 0 aromatic heterocycles. The molecule has 0 aliphatic rings. The third-order valence-electron chi connectivity index (χ3n) is 2.57. The number of carbonyl (C=O) groups is 1. The normalized spacial score (nSPS) is 10.8. The van der Waals surface area contributed by atoms with E-state index in [0.717, 1.165) is 0 Å². The van der Waals surface area contributed by atoms with Crippen molar-refractivity contribution in [1.29, 1.82) is 0 Å². The van der Waals surface area contributed by atoms with Crippen LogP contribution in [-0.2, 0) is 4.79 Å². The van der Waals surface area contributed by atoms with Crippen molar-refractivity contribution >= 4 is 5.91 Å². The van der Waals surface area contributed by atoms with E-state index >= 15 is 0 Å². The predicted molar refractivity (Wildman–Crippen MR) is 60.2 cm³/mol. The zero-order chi connectivity index (χ0) is 11.7. The third-order valence-corrected chi connectivity index (χ3v) is 2.57. The minimum atomic E-state index is -0.491. The van der Waals surface area contributed by atoms with Crippen molar-refractivity contribution in [2.24, 2.45) is 0 Å². The summed E-state index contributed by atoms with van der Waals surface area (Å²) in [4.78, 5) is 11.5. The number of nitrogens with one attached hydrogen (secondary N) is 2. The maximum Gasteiger partial charge on any atom is 0.234 e. The van der Waals surface area contributed by atoms with Gasteiger partial charge in [-0.15, -0.1) is 6.42 Å². The minimum Gasteiger partial charge on any atom is -0.394 e. The highest BCUT2D eigenvalue weighted by Crippen LogP contribution is 2.13. The fourth-order valence-corrected chi connectivity index (χ4v) is 1.28. The summed E-state index contributed by atoms with van der Waals surface area (Å²) in [6, 6.07) is 0. The first-order valence-electron chi connectivity index (χ1n) is 5.20. The van der Waals surface area contributed by atoms with Gasteiger partial charge < -0.3 is 10.4 Å². The molecule has 15 heavy (non-hydrogen) atoms. The van der Waals surface area contributed by atoms with Crippen LogP contribution >= 0.6 is 0 Å². The molecule has 0 heterocycles. The molecular weight excluding hydrogens is 192 g/mol. The van der Waals surface area contributed by atoms with Gasteiger partial charge in [0.15, 0.2) is 0 Å². The fraction of sp³-hybridized carbons (Fsp3) is 0.727. The van der Waals surface area contributed by atoms with Crippen LogP contribution in [0.25, 0.3) is 0 Å². The van der Waals surface area contributed by atoms with Crippen LogP contribution in [0.3, 0.4) is 0 Å². The average Bonchev–Trinajstić information content (AvgIpc) is 2.26. The molecule has 0 rings (SSSR count). The van der Waals surface area contributed by atoms with E-state index in [-0.39, 0.29) is 19.1 Å². The Balaban J connectivity index is 4.07. The Kier molecular flexibility index (Phi) is 6.76. The Morgan fingerprint density at radius 3 is 2.47 bits per heavy atom. The van der Waals surface area contributed by atoms with E-state index in [2.05, 4.69) is 16.6 Å². The summed E-state index contributed by atoms with van der Waals surface area (Å²) in [5, 5.41) is 14.8. The van der Waals surface area contributed by atoms with Gasteiger partial charge in [-0.2, -0.15) is 0 Å². The van der Waals surface area contributed by atoms with Crippen LogP contribution in [0, 0.1) is 12.3 Å². The van der Waals surface area contributed by atoms with Gasteiger partial charge in [-0.3, -0.25) is 10.1 Å². The molecule has 86 valence electrons. The predicted octanol–water partition coefficient (Wildman–Crippen LogP) is -0.123. The van der Waals surface area contributed by atoms with Crippen molar-refractivity contribution in [2.75, 3.05) is 19.7 Å². The van der Waals surface area contributed by atoms with Gasteiger partial charge in [-0.05, 0) is 12.8 Å². The highest BCUT2D eigenvalue weighted by Gasteiger charge is 2.26. The summed E-state index contributed by atoms with van der Waals surface area (Å²) in [5.41, 5.74) is -0.491. The summed E-state index contributed by atoms with van der Waals surface area (Å²) >= 11 is 0. The van der Waals surface area contributed by atoms with Gasteiger partial charge in [0.25, 0.3) is 0 Å². The van der Waals surface area contributed by atoms with Crippen molar-refractivity contribution in [1.82, 2.24) is 10.6 Å². The molecule has 0 saturated heterocycles. The van der Waals surface area contributed by atoms with Crippen LogP contribution in [0.5, 0.6) is 0 Å². The highest BCUT2D eigenvalue weighted by atomic mass is 16.3. The number of amides is 1. The molecule has 0 fully saturated rings. The van der Waals surface area contributed by atoms with Crippen molar-refractivity contribution in [2.45, 2.75) is 32.2 Å². The maximum absolute atomic E-state index is 11.5. The smallest absolute Gasteiger partial charge is 0.234 e. The Bertz CT molecular complexity index is 221. The first kappa shape index (κ1) is 13.9. The van der Waals surface area contributed by atoms with E-state index in [0.29, 0.717) is 19.4 Å². The van der Waals surface area contributed by atoms with Gasteiger partial charge in [0.1, 0.15) is 0 Å². The SMILES string of the molecule is C#CCNCC(=O)NC(CC)(CC)CO. The lowest BCUT2D eigenvalue weighted by Gasteiger charge is -2.30. The molecule has 0 unspecified atom stereocenters. The van der Waals surface area contributed by atoms with Gasteiger partial charge in [0, 0.05) is 0 Å². The molecule has 4 nitrogen and oxygen atoms in total. The van der Waals surface area contributed by atoms with Crippen molar-refractivity contribution < 1.29 is 9.90 Å². The largest absolute Gasteiger partial charge is 0.394 e. The number of aliphatic hydroxyl groups excluding tert-OH is 1. The van der Waals surface area contributed by atoms with E-state index in [1.165, 1.54) is 0 Å². The second kappa shape index (κ2) is 7.27. The highest BCUT2D eigenvalue weighted by molar-refractivity contribution is 5.78. The van der Waals surface area contributed by atoms with Crippen LogP contribution in [0.2, 0.25) is 0 Å². The summed E-state index contributed by atoms with van der Waals surface area (Å²) in [6.07, 6.45) is 6.45. The number of terminal acetylenes is 1. The molecule has 0 radical (unpaired) electrons. The number of rotatable bonds is 7. The summed E-state index contributed by atoms with van der Waals surface area (Å²) in [5.74, 6) is 2.25. The number of carbonyl (C=O) groups excluding carboxylic acids is 1. The van der Waals surface area contributed by atoms with Crippen LogP contribution in [0.4, 0.5) is 0 Å². The van der Waals surface area contributed by atoms with Crippen molar-refractivity contribution in [3.05, 3.63) is 0 Å². The van der Waals surface area contributed by atoms with Crippen molar-refractivity contribution in [3.8, 4) is 12.3 Å². The molecule has 0 aliphatic carbocycles. The quantitative estimate of drug-likeness (QED) is 0.407. The average molecular weight is 212 g/mol. The second-order valence-corrected chi connectivity index (χ2v) is 3.50. The number of aliphatic hydroxyl groups is 1. The van der Waals surface area contributed by atoms with Crippen LogP contribution in [0.1, 0.15) is 26.7 Å². The summed E-state index contributed by atoms with van der Waals surface area (Å²) in [6.45, 7) is 4.40. The molecule has 0 atom stereocenters. The Hall–Kier alpha value is -1.05. The molecule has 0 saturated carbocycles. The fourth-order valence-electron chi connectivity index (χ4n) is 1.28. The number of hydrogen-bond donors (Lipinski definition) is 3. The first-order valence-corrected chi connectivity index (χ1v) is 5.20. The van der Waals surface area contributed by atoms with Gasteiger partial charge in [-0.25, -0.2) is 0 Å². The van der Waals surface area contributed by atoms with E-state index in [4.69, 9.17) is 6.42 Å². The summed E-state index contributed by atoms with van der Waals surface area (Å²) in [7, 11) is 0. The van der Waals surface area contributed by atoms with E-state index in [1.807, 2.05) is 13.8 Å². The van der Waals surface area contributed by atoms with Gasteiger partial charge in [0.2, 0.25) is 5.91 Å². The van der Waals surface area contributed by atoms with Crippen molar-refractivity contribution in [3.63, 3.8) is 0 Å². The first-order chi connectivity index (χ1) is 7.14. The molecule has 0 aliphatic heterocycles. The van der Waals surface area contributed by atoms with E-state index in [9.17, 15) is 9.90 Å². The third kappa shape index (κ3) is 4.82. The molecule has 0 spiro atoms. The van der Waals surface area contributed by atoms with E-state index in [1.54, 1.807) is 0 Å². The molecule has 1 amide bonds. The lowest BCUT2D eigenvalue weighted by atomic mass is 9.94. The maximum atomic E-state index is 11.5. The molecule has 0 bridgehead atoms. The Morgan fingerprint density at radius 2 is 2.07 bits per heavy atom. The van der Waals surface area contributed by atoms with Crippen LogP contribution in [-0.4, -0.2) is 36.2 Å². The standard InChI is InChI=1S/C11H20N2O2/c1-4-7-12-8-10(15)13-11(5-2,6-3)9-14/h1,12,14H,5-9H2,2-3H3,(H,13,15). The Labute approximate surface area is 91.4 Å². The van der Waals surface area contributed by atoms with Gasteiger partial charge in [0.05, 0.1) is 25.2 Å². The molecule has 0 aromatic carbocycles. The minimum absolute atomic E-state index is 0.0408. The lowest BCUT2D eigenvalue weighted by Crippen LogP contribution is -2.52. The molecule has 4 heteroatoms. The van der Waals surface area contributed by atoms with Gasteiger partial charge >= 0.3 is 0 Å². The molecule has 3 N–H and O–H groups in total. The summed E-state index contributed by atoms with van der Waals surface area (Å²) < 4.78 is 0. The molecular formula is C11H20N2O2. The number of hydrogen-bond acceptors (Lipinski definition) is 3. The van der Waals surface area contributed by atoms with Gasteiger partial charge in [-0.1, -0.05) is 19.8 Å².